The van der Waals surface area contributed by atoms with Crippen LogP contribution in [0.2, 0.25) is 5.02 Å². The van der Waals surface area contributed by atoms with Gasteiger partial charge in [0.15, 0.2) is 5.96 Å². The first-order valence-corrected chi connectivity index (χ1v) is 12.4. The normalized spacial score (nSPS) is 12.5. The summed E-state index contributed by atoms with van der Waals surface area (Å²) in [5, 5.41) is 23.2. The van der Waals surface area contributed by atoms with Gasteiger partial charge in [0.1, 0.15) is 29.2 Å². The van der Waals surface area contributed by atoms with E-state index in [4.69, 9.17) is 27.8 Å². The van der Waals surface area contributed by atoms with E-state index in [1.54, 1.807) is 30.3 Å². The topological polar surface area (TPSA) is 150 Å². The number of aliphatic imine (C=N–C) groups is 1. The number of aromatic hydroxyl groups is 1. The Bertz CT molecular complexity index is 1350. The van der Waals surface area contributed by atoms with Crippen LogP contribution in [0.4, 0.5) is 5.00 Å². The lowest BCUT2D eigenvalue weighted by atomic mass is 10.0. The minimum atomic E-state index is -0.429. The molecule has 0 atom stereocenters. The molecule has 6 N–H and O–H groups in total. The summed E-state index contributed by atoms with van der Waals surface area (Å²) in [4.78, 5) is 20.2. The number of phenols is 1. The molecule has 0 aliphatic carbocycles. The van der Waals surface area contributed by atoms with Gasteiger partial charge in [-0.15, -0.1) is 23.7 Å². The van der Waals surface area contributed by atoms with Gasteiger partial charge in [-0.05, 0) is 47.9 Å². The highest BCUT2D eigenvalue weighted by Gasteiger charge is 2.26. The van der Waals surface area contributed by atoms with Gasteiger partial charge in [0, 0.05) is 24.5 Å². The molecule has 0 fully saturated rings. The predicted molar refractivity (Wildman–Crippen MR) is 148 cm³/mol. The van der Waals surface area contributed by atoms with Crippen LogP contribution in [0.5, 0.6) is 11.5 Å². The molecular weight excluding hydrogens is 535 g/mol. The van der Waals surface area contributed by atoms with Gasteiger partial charge in [-0.3, -0.25) is 14.7 Å². The molecule has 0 bridgehead atoms. The van der Waals surface area contributed by atoms with Gasteiger partial charge in [0.05, 0.1) is 22.7 Å². The molecule has 0 saturated heterocycles. The molecule has 2 aromatic carbocycles. The van der Waals surface area contributed by atoms with Crippen LogP contribution in [0, 0.1) is 11.3 Å². The van der Waals surface area contributed by atoms with E-state index in [0.717, 1.165) is 22.5 Å². The first kappa shape index (κ1) is 28.1. The number of nitrogens with one attached hydrogen (secondary N) is 1. The maximum Gasteiger partial charge on any atom is 0.257 e. The maximum atomic E-state index is 13.1. The largest absolute Gasteiger partial charge is 0.508 e. The van der Waals surface area contributed by atoms with E-state index in [2.05, 4.69) is 21.3 Å². The van der Waals surface area contributed by atoms with Crippen molar-refractivity contribution in [2.75, 3.05) is 25.0 Å². The Balaban J connectivity index is 0.00000380. The van der Waals surface area contributed by atoms with Crippen molar-refractivity contribution in [1.82, 2.24) is 4.90 Å². The average Bonchev–Trinajstić information content (AvgIpc) is 3.18. The number of fused-ring (bicyclic) bond motifs is 1. The van der Waals surface area contributed by atoms with Gasteiger partial charge in [0.2, 0.25) is 0 Å². The van der Waals surface area contributed by atoms with E-state index < -0.39 is 5.91 Å². The van der Waals surface area contributed by atoms with E-state index in [1.165, 1.54) is 11.3 Å². The monoisotopic (exact) mass is 560 g/mol. The van der Waals surface area contributed by atoms with Crippen LogP contribution in [0.1, 0.15) is 31.9 Å². The van der Waals surface area contributed by atoms with Crippen molar-refractivity contribution in [3.63, 3.8) is 0 Å². The Morgan fingerprint density at radius 2 is 2.11 bits per heavy atom. The Morgan fingerprint density at radius 1 is 1.30 bits per heavy atom. The molecule has 2 heterocycles. The molecule has 194 valence electrons. The molecule has 1 amide bonds. The van der Waals surface area contributed by atoms with Crippen molar-refractivity contribution in [2.24, 2.45) is 16.5 Å². The molecule has 37 heavy (non-hydrogen) atoms. The molecule has 9 nitrogen and oxygen atoms in total. The van der Waals surface area contributed by atoms with Crippen molar-refractivity contribution in [2.45, 2.75) is 19.5 Å². The zero-order valence-electron chi connectivity index (χ0n) is 19.7. The number of benzene rings is 2. The maximum absolute atomic E-state index is 13.1. The first-order valence-electron chi connectivity index (χ1n) is 11.2. The number of halogens is 2. The summed E-state index contributed by atoms with van der Waals surface area (Å²) < 4.78 is 5.60. The van der Waals surface area contributed by atoms with E-state index >= 15 is 0 Å². The Kier molecular flexibility index (Phi) is 9.60. The Labute approximate surface area is 229 Å². The van der Waals surface area contributed by atoms with Gasteiger partial charge < -0.3 is 26.6 Å². The number of phenolic OH excluding ortho intramolecular Hbond substituents is 1. The highest BCUT2D eigenvalue weighted by atomic mass is 35.5. The standard InChI is InChI=1S/C25H25ClN6O3S.ClH/c26-21-5-4-17(35-9-7-30-25(28)29)11-19(21)23(34)31-24-20(12-27)18-6-8-32(14-22(18)36-24)13-15-2-1-3-16(33)10-15;/h1-5,10-11,33H,6-9,13-14H2,(H,31,34)(H4,28,29,30);1H. The second-order valence-electron chi connectivity index (χ2n) is 8.20. The van der Waals surface area contributed by atoms with Crippen LogP contribution >= 0.6 is 35.3 Å². The highest BCUT2D eigenvalue weighted by molar-refractivity contribution is 7.16. The molecule has 0 unspecified atom stereocenters. The number of rotatable bonds is 8. The van der Waals surface area contributed by atoms with Crippen LogP contribution in [0.15, 0.2) is 47.5 Å². The third-order valence-electron chi connectivity index (χ3n) is 5.63. The summed E-state index contributed by atoms with van der Waals surface area (Å²) in [7, 11) is 0. The SMILES string of the molecule is Cl.N#Cc1c(NC(=O)c2cc(OCCN=C(N)N)ccc2Cl)sc2c1CCN(Cc1cccc(O)c1)C2. The van der Waals surface area contributed by atoms with E-state index in [9.17, 15) is 15.2 Å². The van der Waals surface area contributed by atoms with Gasteiger partial charge >= 0.3 is 0 Å². The number of nitriles is 1. The number of carbonyl (C=O) groups is 1. The van der Waals surface area contributed by atoms with Crippen LogP contribution in [0.3, 0.4) is 0 Å². The molecule has 12 heteroatoms. The van der Waals surface area contributed by atoms with Crippen molar-refractivity contribution in [3.05, 3.63) is 74.6 Å². The van der Waals surface area contributed by atoms with E-state index in [0.29, 0.717) is 35.8 Å². The number of thiophene rings is 1. The van der Waals surface area contributed by atoms with E-state index in [1.807, 2.05) is 12.1 Å². The van der Waals surface area contributed by atoms with Crippen LogP contribution < -0.4 is 21.5 Å². The molecule has 0 radical (unpaired) electrons. The van der Waals surface area contributed by atoms with Gasteiger partial charge in [-0.1, -0.05) is 23.7 Å². The smallest absolute Gasteiger partial charge is 0.257 e. The highest BCUT2D eigenvalue weighted by Crippen LogP contribution is 2.37. The molecule has 0 spiro atoms. The van der Waals surface area contributed by atoms with Crippen molar-refractivity contribution >= 4 is 52.2 Å². The van der Waals surface area contributed by atoms with Crippen LogP contribution in [-0.4, -0.2) is 41.6 Å². The summed E-state index contributed by atoms with van der Waals surface area (Å²) in [6, 6.07) is 14.2. The zero-order valence-corrected chi connectivity index (χ0v) is 22.1. The number of amides is 1. The molecule has 4 rings (SSSR count). The quantitative estimate of drug-likeness (QED) is 0.185. The Hall–Kier alpha value is -3.49. The number of nitrogens with zero attached hydrogens (tertiary/aromatic N) is 3. The van der Waals surface area contributed by atoms with Crippen LogP contribution in [0.25, 0.3) is 0 Å². The van der Waals surface area contributed by atoms with Crippen molar-refractivity contribution in [1.29, 1.82) is 5.26 Å². The van der Waals surface area contributed by atoms with Crippen molar-refractivity contribution < 1.29 is 14.6 Å². The lowest BCUT2D eigenvalue weighted by Crippen LogP contribution is -2.29. The van der Waals surface area contributed by atoms with E-state index in [-0.39, 0.29) is 47.9 Å². The summed E-state index contributed by atoms with van der Waals surface area (Å²) in [6.07, 6.45) is 0.698. The Morgan fingerprint density at radius 3 is 2.84 bits per heavy atom. The van der Waals surface area contributed by atoms with Gasteiger partial charge in [-0.2, -0.15) is 5.26 Å². The van der Waals surface area contributed by atoms with Crippen molar-refractivity contribution in [3.8, 4) is 17.6 Å². The minimum Gasteiger partial charge on any atom is -0.508 e. The second kappa shape index (κ2) is 12.7. The van der Waals surface area contributed by atoms with Gasteiger partial charge in [0.25, 0.3) is 5.91 Å². The predicted octanol–water partition coefficient (Wildman–Crippen LogP) is 3.86. The summed E-state index contributed by atoms with van der Waals surface area (Å²) in [5.74, 6) is 0.231. The summed E-state index contributed by atoms with van der Waals surface area (Å²) >= 11 is 7.68. The molecule has 1 aliphatic heterocycles. The number of anilines is 1. The first-order chi connectivity index (χ1) is 17.3. The third kappa shape index (κ3) is 7.05. The average molecular weight is 561 g/mol. The minimum absolute atomic E-state index is 0. The fraction of sp³-hybridized carbons (Fsp3) is 0.240. The fourth-order valence-corrected chi connectivity index (χ4v) is 5.43. The molecule has 3 aromatic rings. The van der Waals surface area contributed by atoms with Gasteiger partial charge in [-0.25, -0.2) is 0 Å². The molecule has 1 aliphatic rings. The van der Waals surface area contributed by atoms with Crippen LogP contribution in [-0.2, 0) is 19.5 Å². The molecular formula is C25H26Cl2N6O3S. The number of carbonyl (C=O) groups excluding carboxylic acids is 1. The number of hydrogen-bond donors (Lipinski definition) is 4. The lowest BCUT2D eigenvalue weighted by molar-refractivity contribution is 0.102. The molecule has 0 saturated carbocycles. The molecule has 1 aromatic heterocycles. The zero-order chi connectivity index (χ0) is 25.7. The summed E-state index contributed by atoms with van der Waals surface area (Å²) in [5.41, 5.74) is 13.3. The number of guanidine groups is 1. The number of ether oxygens (including phenoxy) is 1. The third-order valence-corrected chi connectivity index (χ3v) is 7.09. The summed E-state index contributed by atoms with van der Waals surface area (Å²) in [6.45, 7) is 2.62. The number of nitrogens with two attached hydrogens (primary N) is 2. The fourth-order valence-electron chi connectivity index (χ4n) is 3.99. The second-order valence-corrected chi connectivity index (χ2v) is 9.71. The lowest BCUT2D eigenvalue weighted by Gasteiger charge is -2.26. The number of hydrogen-bond acceptors (Lipinski definition) is 7.